The van der Waals surface area contributed by atoms with Gasteiger partial charge in [0, 0.05) is 28.4 Å². The van der Waals surface area contributed by atoms with Gasteiger partial charge in [-0.1, -0.05) is 6.07 Å². The number of carbonyl (C=O) groups excluding carboxylic acids is 2. The minimum atomic E-state index is -0.317. The van der Waals surface area contributed by atoms with Crippen molar-refractivity contribution >= 4 is 28.3 Å². The summed E-state index contributed by atoms with van der Waals surface area (Å²) in [5, 5.41) is 3.56. The van der Waals surface area contributed by atoms with Gasteiger partial charge in [0.15, 0.2) is 17.3 Å². The molecule has 0 atom stereocenters. The number of hydrogen-bond acceptors (Lipinski definition) is 6. The van der Waals surface area contributed by atoms with Crippen molar-refractivity contribution in [3.05, 3.63) is 83.4 Å². The van der Waals surface area contributed by atoms with E-state index in [2.05, 4.69) is 10.3 Å². The number of aromatic nitrogens is 1. The van der Waals surface area contributed by atoms with Crippen LogP contribution in [0.2, 0.25) is 0 Å². The zero-order valence-corrected chi connectivity index (χ0v) is 17.3. The Morgan fingerprint density at radius 3 is 2.48 bits per heavy atom. The van der Waals surface area contributed by atoms with Crippen molar-refractivity contribution in [3.63, 3.8) is 0 Å². The van der Waals surface area contributed by atoms with E-state index in [1.54, 1.807) is 60.8 Å². The molecule has 31 heavy (non-hydrogen) atoms. The van der Waals surface area contributed by atoms with Crippen molar-refractivity contribution in [1.29, 1.82) is 0 Å². The maximum atomic E-state index is 13.1. The third kappa shape index (κ3) is 3.85. The lowest BCUT2D eigenvalue weighted by atomic mass is 10.0. The molecule has 1 N–H and O–H groups in total. The molecule has 0 aliphatic rings. The molecule has 0 spiro atoms. The van der Waals surface area contributed by atoms with Crippen molar-refractivity contribution in [1.82, 2.24) is 4.98 Å². The fourth-order valence-electron chi connectivity index (χ4n) is 3.32. The molecule has 0 saturated heterocycles. The van der Waals surface area contributed by atoms with Crippen LogP contribution in [0.1, 0.15) is 32.2 Å². The summed E-state index contributed by atoms with van der Waals surface area (Å²) in [7, 11) is 3.05. The number of amides is 1. The number of methoxy groups -OCH3 is 2. The summed E-state index contributed by atoms with van der Waals surface area (Å²) in [6, 6.07) is 15.3. The number of nitrogens with zero attached hydrogens (tertiary/aromatic N) is 1. The minimum absolute atomic E-state index is 0.232. The van der Waals surface area contributed by atoms with Crippen molar-refractivity contribution in [2.24, 2.45) is 0 Å². The zero-order valence-electron chi connectivity index (χ0n) is 17.3. The summed E-state index contributed by atoms with van der Waals surface area (Å²) in [6.07, 6.45) is 1.56. The predicted octanol–water partition coefficient (Wildman–Crippen LogP) is 4.64. The Hall–Kier alpha value is -4.13. The van der Waals surface area contributed by atoms with Crippen molar-refractivity contribution in [3.8, 4) is 11.5 Å². The number of ketones is 1. The van der Waals surface area contributed by atoms with Gasteiger partial charge in [0.05, 0.1) is 14.2 Å². The first-order valence-electron chi connectivity index (χ1n) is 9.54. The second kappa shape index (κ2) is 8.31. The molecular weight excluding hydrogens is 396 g/mol. The molecule has 7 nitrogen and oxygen atoms in total. The molecule has 4 rings (SSSR count). The summed E-state index contributed by atoms with van der Waals surface area (Å²) in [5.41, 5.74) is 2.55. The molecule has 1 amide bonds. The molecular formula is C24H20N2O5. The lowest BCUT2D eigenvalue weighted by molar-refractivity contribution is 0.101. The highest BCUT2D eigenvalue weighted by atomic mass is 16.5. The fourth-order valence-corrected chi connectivity index (χ4v) is 3.32. The van der Waals surface area contributed by atoms with E-state index in [1.807, 2.05) is 6.92 Å². The quantitative estimate of drug-likeness (QED) is 0.461. The van der Waals surface area contributed by atoms with Crippen molar-refractivity contribution in [2.75, 3.05) is 19.5 Å². The van der Waals surface area contributed by atoms with E-state index in [-0.39, 0.29) is 17.5 Å². The van der Waals surface area contributed by atoms with Gasteiger partial charge in [-0.2, -0.15) is 0 Å². The third-order valence-corrected chi connectivity index (χ3v) is 4.94. The second-order valence-corrected chi connectivity index (χ2v) is 6.84. The van der Waals surface area contributed by atoms with E-state index >= 15 is 0 Å². The molecule has 0 aliphatic heterocycles. The van der Waals surface area contributed by atoms with Gasteiger partial charge < -0.3 is 19.2 Å². The van der Waals surface area contributed by atoms with E-state index in [0.29, 0.717) is 39.6 Å². The van der Waals surface area contributed by atoms with Crippen LogP contribution in [0.5, 0.6) is 11.5 Å². The number of rotatable bonds is 6. The van der Waals surface area contributed by atoms with Gasteiger partial charge in [-0.25, -0.2) is 0 Å². The Bertz CT molecular complexity index is 1280. The number of furan rings is 1. The monoisotopic (exact) mass is 416 g/mol. The number of pyridine rings is 1. The molecule has 156 valence electrons. The molecule has 0 fully saturated rings. The first-order valence-corrected chi connectivity index (χ1v) is 9.54. The summed E-state index contributed by atoms with van der Waals surface area (Å²) in [5.74, 6) is 0.641. The lowest BCUT2D eigenvalue weighted by Gasteiger charge is -2.08. The highest BCUT2D eigenvalue weighted by molar-refractivity contribution is 6.11. The molecule has 2 heterocycles. The second-order valence-electron chi connectivity index (χ2n) is 6.84. The molecule has 4 aromatic rings. The first-order chi connectivity index (χ1) is 15.0. The van der Waals surface area contributed by atoms with E-state index in [4.69, 9.17) is 13.9 Å². The van der Waals surface area contributed by atoms with Gasteiger partial charge in [0.2, 0.25) is 5.78 Å². The van der Waals surface area contributed by atoms with Crippen molar-refractivity contribution in [2.45, 2.75) is 6.92 Å². The summed E-state index contributed by atoms with van der Waals surface area (Å²) in [4.78, 5) is 29.5. The van der Waals surface area contributed by atoms with Crippen LogP contribution in [0.4, 0.5) is 5.69 Å². The average molecular weight is 416 g/mol. The maximum absolute atomic E-state index is 13.1. The summed E-state index contributed by atoms with van der Waals surface area (Å²) in [6.45, 7) is 1.81. The molecule has 0 radical (unpaired) electrons. The normalized spacial score (nSPS) is 10.7. The Kier molecular flexibility index (Phi) is 5.41. The molecule has 2 aromatic heterocycles. The Morgan fingerprint density at radius 1 is 0.968 bits per heavy atom. The van der Waals surface area contributed by atoms with Crippen LogP contribution in [-0.2, 0) is 0 Å². The molecule has 0 unspecified atom stereocenters. The maximum Gasteiger partial charge on any atom is 0.274 e. The van der Waals surface area contributed by atoms with Crippen LogP contribution >= 0.6 is 0 Å². The molecule has 7 heteroatoms. The molecule has 2 aromatic carbocycles. The highest BCUT2D eigenvalue weighted by Crippen LogP contribution is 2.32. The summed E-state index contributed by atoms with van der Waals surface area (Å²) < 4.78 is 16.4. The number of fused-ring (bicyclic) bond motifs is 1. The largest absolute Gasteiger partial charge is 0.493 e. The highest BCUT2D eigenvalue weighted by Gasteiger charge is 2.21. The van der Waals surface area contributed by atoms with Gasteiger partial charge in [0.1, 0.15) is 11.3 Å². The van der Waals surface area contributed by atoms with E-state index < -0.39 is 0 Å². The number of hydrogen-bond donors (Lipinski definition) is 1. The van der Waals surface area contributed by atoms with Gasteiger partial charge in [-0.3, -0.25) is 14.6 Å². The third-order valence-electron chi connectivity index (χ3n) is 4.94. The van der Waals surface area contributed by atoms with E-state index in [1.165, 1.54) is 14.2 Å². The van der Waals surface area contributed by atoms with Crippen LogP contribution in [0.3, 0.4) is 0 Å². The standard InChI is InChI=1S/C24H20N2O5/c1-14-17-13-16(26-24(28)18-6-4-5-11-25-18)8-10-19(17)31-23(14)22(27)15-7-9-20(29-2)21(12-15)30-3/h4-13H,1-3H3,(H,26,28). The number of aryl methyl sites for hydroxylation is 1. The van der Waals surface area contributed by atoms with E-state index in [0.717, 1.165) is 5.39 Å². The average Bonchev–Trinajstić information content (AvgIpc) is 3.14. The smallest absolute Gasteiger partial charge is 0.274 e. The van der Waals surface area contributed by atoms with Crippen LogP contribution in [-0.4, -0.2) is 30.9 Å². The predicted molar refractivity (Wildman–Crippen MR) is 116 cm³/mol. The van der Waals surface area contributed by atoms with E-state index in [9.17, 15) is 9.59 Å². The number of anilines is 1. The fraction of sp³-hybridized carbons (Fsp3) is 0.125. The van der Waals surface area contributed by atoms with Crippen LogP contribution in [0, 0.1) is 6.92 Å². The van der Waals surface area contributed by atoms with Gasteiger partial charge in [-0.15, -0.1) is 0 Å². The molecule has 0 bridgehead atoms. The Morgan fingerprint density at radius 2 is 1.77 bits per heavy atom. The van der Waals surface area contributed by atoms with Crippen LogP contribution in [0.15, 0.2) is 65.2 Å². The SMILES string of the molecule is COc1ccc(C(=O)c2oc3ccc(NC(=O)c4ccccn4)cc3c2C)cc1OC. The number of ether oxygens (including phenoxy) is 2. The Labute approximate surface area is 178 Å². The van der Waals surface area contributed by atoms with Gasteiger partial charge in [-0.05, 0) is 55.5 Å². The number of carbonyl (C=O) groups is 2. The van der Waals surface area contributed by atoms with Gasteiger partial charge in [0.25, 0.3) is 5.91 Å². The topological polar surface area (TPSA) is 90.7 Å². The van der Waals surface area contributed by atoms with Gasteiger partial charge >= 0.3 is 0 Å². The van der Waals surface area contributed by atoms with Crippen LogP contribution in [0.25, 0.3) is 11.0 Å². The minimum Gasteiger partial charge on any atom is -0.493 e. The summed E-state index contributed by atoms with van der Waals surface area (Å²) >= 11 is 0. The van der Waals surface area contributed by atoms with Crippen molar-refractivity contribution < 1.29 is 23.5 Å². The Balaban J connectivity index is 1.65. The van der Waals surface area contributed by atoms with Crippen LogP contribution < -0.4 is 14.8 Å². The first kappa shape index (κ1) is 20.2. The molecule has 0 aliphatic carbocycles. The zero-order chi connectivity index (χ0) is 22.0. The molecule has 0 saturated carbocycles. The number of benzene rings is 2. The number of nitrogens with one attached hydrogen (secondary N) is 1. The lowest BCUT2D eigenvalue weighted by Crippen LogP contribution is -2.13.